The van der Waals surface area contributed by atoms with E-state index in [9.17, 15) is 0 Å². The Morgan fingerprint density at radius 3 is 3.05 bits per heavy atom. The molecule has 4 rings (SSSR count). The molecular formula is C12H16N6O. The number of aromatic nitrogens is 4. The number of nitrogens with zero attached hydrogens (tertiary/aromatic N) is 4. The molecule has 2 aliphatic rings. The summed E-state index contributed by atoms with van der Waals surface area (Å²) in [4.78, 5) is 10.8. The summed E-state index contributed by atoms with van der Waals surface area (Å²) < 4.78 is 5.79. The molecule has 19 heavy (non-hydrogen) atoms. The fraction of sp³-hybridized carbons (Fsp3) is 0.583. The summed E-state index contributed by atoms with van der Waals surface area (Å²) in [5.74, 6) is 1.15. The Hall–Kier alpha value is -1.89. The quantitative estimate of drug-likeness (QED) is 0.783. The molecule has 0 radical (unpaired) electrons. The van der Waals surface area contributed by atoms with E-state index in [1.54, 1.807) is 6.20 Å². The van der Waals surface area contributed by atoms with Crippen molar-refractivity contribution in [1.82, 2.24) is 20.2 Å². The van der Waals surface area contributed by atoms with Gasteiger partial charge in [-0.25, -0.2) is 0 Å². The first kappa shape index (κ1) is 11.0. The van der Waals surface area contributed by atoms with Crippen LogP contribution in [0.5, 0.6) is 0 Å². The lowest BCUT2D eigenvalue weighted by Crippen LogP contribution is -2.56. The summed E-state index contributed by atoms with van der Waals surface area (Å²) >= 11 is 0. The van der Waals surface area contributed by atoms with Crippen LogP contribution >= 0.6 is 0 Å². The molecule has 2 saturated heterocycles. The Labute approximate surface area is 110 Å². The average molecular weight is 260 g/mol. The monoisotopic (exact) mass is 260 g/mol. The minimum absolute atomic E-state index is 0.0357. The first-order valence-corrected chi connectivity index (χ1v) is 6.61. The molecule has 4 heterocycles. The molecule has 2 fully saturated rings. The maximum Gasteiger partial charge on any atom is 0.224 e. The summed E-state index contributed by atoms with van der Waals surface area (Å²) in [5, 5.41) is 7.80. The predicted molar refractivity (Wildman–Crippen MR) is 70.8 cm³/mol. The van der Waals surface area contributed by atoms with E-state index in [-0.39, 0.29) is 11.5 Å². The Balaban J connectivity index is 1.75. The van der Waals surface area contributed by atoms with Gasteiger partial charge in [0.1, 0.15) is 5.82 Å². The van der Waals surface area contributed by atoms with Crippen LogP contribution in [0.2, 0.25) is 0 Å². The Morgan fingerprint density at radius 2 is 2.26 bits per heavy atom. The summed E-state index contributed by atoms with van der Waals surface area (Å²) in [7, 11) is 0. The van der Waals surface area contributed by atoms with Gasteiger partial charge in [-0.15, -0.1) is 0 Å². The van der Waals surface area contributed by atoms with Crippen LogP contribution in [0.4, 0.5) is 11.8 Å². The van der Waals surface area contributed by atoms with Gasteiger partial charge < -0.3 is 15.4 Å². The van der Waals surface area contributed by atoms with Crippen molar-refractivity contribution < 1.29 is 4.74 Å². The van der Waals surface area contributed by atoms with Gasteiger partial charge in [0.15, 0.2) is 5.65 Å². The normalized spacial score (nSPS) is 26.8. The van der Waals surface area contributed by atoms with Gasteiger partial charge in [-0.1, -0.05) is 0 Å². The number of aromatic amines is 1. The molecule has 100 valence electrons. The van der Waals surface area contributed by atoms with Crippen molar-refractivity contribution in [2.24, 2.45) is 0 Å². The zero-order valence-corrected chi connectivity index (χ0v) is 10.6. The molecule has 7 nitrogen and oxygen atoms in total. The van der Waals surface area contributed by atoms with Crippen molar-refractivity contribution in [1.29, 1.82) is 0 Å². The van der Waals surface area contributed by atoms with E-state index in [0.717, 1.165) is 50.2 Å². The number of nitrogens with one attached hydrogen (secondary N) is 1. The molecular weight excluding hydrogens is 244 g/mol. The number of anilines is 2. The lowest BCUT2D eigenvalue weighted by atomic mass is 9.86. The van der Waals surface area contributed by atoms with Gasteiger partial charge in [-0.3, -0.25) is 5.10 Å². The lowest BCUT2D eigenvalue weighted by molar-refractivity contribution is -0.151. The van der Waals surface area contributed by atoms with Crippen molar-refractivity contribution in [3.05, 3.63) is 6.20 Å². The lowest BCUT2D eigenvalue weighted by Gasteiger charge is -2.48. The minimum atomic E-state index is 0.0357. The van der Waals surface area contributed by atoms with E-state index in [0.29, 0.717) is 5.65 Å². The second-order valence-electron chi connectivity index (χ2n) is 5.34. The second kappa shape index (κ2) is 3.80. The number of ether oxygens (including phenoxy) is 1. The number of nitrogens with two attached hydrogens (primary N) is 1. The number of hydrogen-bond donors (Lipinski definition) is 2. The van der Waals surface area contributed by atoms with Gasteiger partial charge in [0.2, 0.25) is 5.95 Å². The molecule has 7 heteroatoms. The van der Waals surface area contributed by atoms with Crippen molar-refractivity contribution in [3.8, 4) is 0 Å². The van der Waals surface area contributed by atoms with Crippen LogP contribution in [0.1, 0.15) is 19.3 Å². The Kier molecular flexibility index (Phi) is 2.20. The molecule has 0 amide bonds. The van der Waals surface area contributed by atoms with E-state index in [1.165, 1.54) is 0 Å². The highest BCUT2D eigenvalue weighted by molar-refractivity contribution is 5.87. The van der Waals surface area contributed by atoms with Gasteiger partial charge in [0.05, 0.1) is 23.8 Å². The third-order valence-corrected chi connectivity index (χ3v) is 4.11. The number of hydrogen-bond acceptors (Lipinski definition) is 6. The molecule has 0 saturated carbocycles. The summed E-state index contributed by atoms with van der Waals surface area (Å²) in [5.41, 5.74) is 6.50. The van der Waals surface area contributed by atoms with Crippen LogP contribution in [-0.2, 0) is 4.74 Å². The zero-order valence-electron chi connectivity index (χ0n) is 10.6. The SMILES string of the molecule is Nc1nc(N2CCCC3(CCO3)C2)c2cn[nH]c2n1. The molecule has 0 aromatic carbocycles. The first-order chi connectivity index (χ1) is 9.26. The standard InChI is InChI=1S/C12H16N6O/c13-11-15-9-8(6-14-17-9)10(16-11)18-4-1-2-12(7-18)3-5-19-12/h6H,1-5,7H2,(H3,13,14,15,16,17). The average Bonchev–Trinajstić information content (AvgIpc) is 2.84. The fourth-order valence-corrected chi connectivity index (χ4v) is 3.07. The maximum atomic E-state index is 5.79. The van der Waals surface area contributed by atoms with Crippen LogP contribution in [0.3, 0.4) is 0 Å². The molecule has 1 atom stereocenters. The molecule has 1 unspecified atom stereocenters. The van der Waals surface area contributed by atoms with E-state index in [4.69, 9.17) is 10.5 Å². The second-order valence-corrected chi connectivity index (χ2v) is 5.34. The largest absolute Gasteiger partial charge is 0.373 e. The van der Waals surface area contributed by atoms with Gasteiger partial charge >= 0.3 is 0 Å². The summed E-state index contributed by atoms with van der Waals surface area (Å²) in [6, 6.07) is 0. The molecule has 1 spiro atoms. The maximum absolute atomic E-state index is 5.79. The number of piperidine rings is 1. The Bertz CT molecular complexity index is 620. The van der Waals surface area contributed by atoms with Crippen molar-refractivity contribution in [2.75, 3.05) is 30.3 Å². The first-order valence-electron chi connectivity index (χ1n) is 6.61. The van der Waals surface area contributed by atoms with Crippen molar-refractivity contribution in [2.45, 2.75) is 24.9 Å². The molecule has 2 aliphatic heterocycles. The fourth-order valence-electron chi connectivity index (χ4n) is 3.07. The zero-order chi connectivity index (χ0) is 12.9. The highest BCUT2D eigenvalue weighted by atomic mass is 16.5. The highest BCUT2D eigenvalue weighted by Gasteiger charge is 2.42. The predicted octanol–water partition coefficient (Wildman–Crippen LogP) is 0.694. The van der Waals surface area contributed by atoms with E-state index >= 15 is 0 Å². The molecule has 2 aromatic rings. The third-order valence-electron chi connectivity index (χ3n) is 4.11. The molecule has 3 N–H and O–H groups in total. The summed E-state index contributed by atoms with van der Waals surface area (Å²) in [6.07, 6.45) is 5.15. The van der Waals surface area contributed by atoms with Crippen LogP contribution < -0.4 is 10.6 Å². The summed E-state index contributed by atoms with van der Waals surface area (Å²) in [6.45, 7) is 2.73. The van der Waals surface area contributed by atoms with E-state index in [1.807, 2.05) is 0 Å². The van der Waals surface area contributed by atoms with Gasteiger partial charge in [-0.05, 0) is 12.8 Å². The van der Waals surface area contributed by atoms with Gasteiger partial charge in [0, 0.05) is 19.5 Å². The van der Waals surface area contributed by atoms with Crippen molar-refractivity contribution in [3.63, 3.8) is 0 Å². The highest BCUT2D eigenvalue weighted by Crippen LogP contribution is 2.37. The number of nitrogen functional groups attached to an aromatic ring is 1. The smallest absolute Gasteiger partial charge is 0.224 e. The molecule has 0 aliphatic carbocycles. The van der Waals surface area contributed by atoms with Crippen LogP contribution in [0, 0.1) is 0 Å². The van der Waals surface area contributed by atoms with Gasteiger partial charge in [0.25, 0.3) is 0 Å². The van der Waals surface area contributed by atoms with E-state index < -0.39 is 0 Å². The minimum Gasteiger partial charge on any atom is -0.373 e. The van der Waals surface area contributed by atoms with Crippen molar-refractivity contribution >= 4 is 22.8 Å². The Morgan fingerprint density at radius 1 is 1.37 bits per heavy atom. The van der Waals surface area contributed by atoms with Crippen LogP contribution in [0.25, 0.3) is 11.0 Å². The van der Waals surface area contributed by atoms with Crippen LogP contribution in [-0.4, -0.2) is 45.5 Å². The number of fused-ring (bicyclic) bond motifs is 1. The molecule has 0 bridgehead atoms. The molecule has 2 aromatic heterocycles. The van der Waals surface area contributed by atoms with Crippen LogP contribution in [0.15, 0.2) is 6.20 Å². The number of H-pyrrole nitrogens is 1. The third kappa shape index (κ3) is 1.65. The van der Waals surface area contributed by atoms with Gasteiger partial charge in [-0.2, -0.15) is 15.1 Å². The number of rotatable bonds is 1. The van der Waals surface area contributed by atoms with E-state index in [2.05, 4.69) is 25.1 Å². The topological polar surface area (TPSA) is 93.0 Å².